The number of imidazole rings is 1. The number of aromatic nitrogens is 5. The Kier molecular flexibility index (Phi) is 5.27. The molecule has 1 aromatic carbocycles. The molecule has 10 nitrogen and oxygen atoms in total. The molecule has 6 rings (SSSR count). The van der Waals surface area contributed by atoms with Crippen molar-refractivity contribution in [1.29, 1.82) is 0 Å². The van der Waals surface area contributed by atoms with Gasteiger partial charge in [0.2, 0.25) is 5.88 Å². The number of pyridine rings is 1. The molecule has 0 spiro atoms. The number of nitrogens with zero attached hydrogens (tertiary/aromatic N) is 5. The van der Waals surface area contributed by atoms with Crippen LogP contribution in [-0.4, -0.2) is 68.1 Å². The van der Waals surface area contributed by atoms with Crippen LogP contribution in [0.15, 0.2) is 48.9 Å². The molecule has 2 saturated heterocycles. The average molecular weight is 458 g/mol. The predicted molar refractivity (Wildman–Crippen MR) is 122 cm³/mol. The molecule has 2 fully saturated rings. The Morgan fingerprint density at radius 3 is 2.76 bits per heavy atom. The first-order chi connectivity index (χ1) is 16.7. The number of fused-ring (bicyclic) bond motifs is 1. The van der Waals surface area contributed by atoms with Crippen LogP contribution >= 0.6 is 0 Å². The molecule has 0 saturated carbocycles. The molecule has 2 aliphatic heterocycles. The third-order valence-corrected chi connectivity index (χ3v) is 5.81. The molecule has 4 aromatic rings. The lowest BCUT2D eigenvalue weighted by Gasteiger charge is -2.30. The van der Waals surface area contributed by atoms with E-state index in [1.165, 1.54) is 12.4 Å². The standard InChI is InChI=1S/C24H22N6O4/c31-24(30-6-2-7-30)20-12-27-21(13-26-20)34-18-10-15(9-17(11-18)33-16-4-8-32-14-16)22-28-19-3-1-5-25-23(19)29-22/h1,3,5,9-13,16H,2,4,6-8,14H2,(H,25,28,29)/t16-/m0/s1. The zero-order valence-electron chi connectivity index (χ0n) is 18.3. The third kappa shape index (κ3) is 4.15. The highest BCUT2D eigenvalue weighted by atomic mass is 16.5. The van der Waals surface area contributed by atoms with Gasteiger partial charge in [-0.15, -0.1) is 0 Å². The first kappa shape index (κ1) is 20.5. The summed E-state index contributed by atoms with van der Waals surface area (Å²) < 4.78 is 17.6. The number of hydrogen-bond acceptors (Lipinski definition) is 8. The fraction of sp³-hybridized carbons (Fsp3) is 0.292. The van der Waals surface area contributed by atoms with Crippen molar-refractivity contribution >= 4 is 17.1 Å². The van der Waals surface area contributed by atoms with Gasteiger partial charge in [0, 0.05) is 37.3 Å². The van der Waals surface area contributed by atoms with Crippen LogP contribution in [0.2, 0.25) is 0 Å². The van der Waals surface area contributed by atoms with Crippen LogP contribution in [-0.2, 0) is 4.74 Å². The largest absolute Gasteiger partial charge is 0.488 e. The van der Waals surface area contributed by atoms with E-state index in [4.69, 9.17) is 14.2 Å². The summed E-state index contributed by atoms with van der Waals surface area (Å²) in [6.07, 6.45) is 6.43. The number of amides is 1. The molecule has 0 aliphatic carbocycles. The van der Waals surface area contributed by atoms with Crippen molar-refractivity contribution in [1.82, 2.24) is 29.8 Å². The van der Waals surface area contributed by atoms with Crippen LogP contribution < -0.4 is 9.47 Å². The van der Waals surface area contributed by atoms with Gasteiger partial charge in [0.05, 0.1) is 31.1 Å². The molecule has 1 atom stereocenters. The topological polar surface area (TPSA) is 115 Å². The monoisotopic (exact) mass is 458 g/mol. The molecule has 172 valence electrons. The normalized spacial score (nSPS) is 17.5. The molecule has 0 radical (unpaired) electrons. The van der Waals surface area contributed by atoms with Gasteiger partial charge >= 0.3 is 0 Å². The lowest BCUT2D eigenvalue weighted by Crippen LogP contribution is -2.42. The Labute approximate surface area is 194 Å². The molecule has 3 aromatic heterocycles. The van der Waals surface area contributed by atoms with Crippen LogP contribution in [0.25, 0.3) is 22.6 Å². The lowest BCUT2D eigenvalue weighted by molar-refractivity contribution is 0.0645. The number of rotatable bonds is 6. The number of nitrogens with one attached hydrogen (secondary N) is 1. The van der Waals surface area contributed by atoms with E-state index in [0.29, 0.717) is 41.9 Å². The van der Waals surface area contributed by atoms with E-state index in [9.17, 15) is 4.79 Å². The Hall–Kier alpha value is -4.05. The summed E-state index contributed by atoms with van der Waals surface area (Å²) in [5, 5.41) is 0. The van der Waals surface area contributed by atoms with E-state index in [1.807, 2.05) is 24.3 Å². The van der Waals surface area contributed by atoms with Gasteiger partial charge in [0.15, 0.2) is 5.65 Å². The minimum absolute atomic E-state index is 0.0213. The summed E-state index contributed by atoms with van der Waals surface area (Å²) >= 11 is 0. The quantitative estimate of drug-likeness (QED) is 0.468. The van der Waals surface area contributed by atoms with Crippen molar-refractivity contribution in [3.8, 4) is 28.8 Å². The van der Waals surface area contributed by atoms with Gasteiger partial charge in [-0.1, -0.05) is 0 Å². The minimum atomic E-state index is -0.111. The van der Waals surface area contributed by atoms with Crippen LogP contribution in [0, 0.1) is 0 Å². The summed E-state index contributed by atoms with van der Waals surface area (Å²) in [4.78, 5) is 34.8. The maximum Gasteiger partial charge on any atom is 0.274 e. The first-order valence-corrected chi connectivity index (χ1v) is 11.2. The Balaban J connectivity index is 1.29. The van der Waals surface area contributed by atoms with E-state index in [0.717, 1.165) is 37.0 Å². The number of likely N-dealkylation sites (tertiary alicyclic amines) is 1. The molecular formula is C24H22N6O4. The summed E-state index contributed by atoms with van der Waals surface area (Å²) in [6, 6.07) is 9.32. The molecular weight excluding hydrogens is 436 g/mol. The van der Waals surface area contributed by atoms with Gasteiger partial charge in [-0.05, 0) is 30.7 Å². The van der Waals surface area contributed by atoms with E-state index in [-0.39, 0.29) is 17.9 Å². The van der Waals surface area contributed by atoms with Gasteiger partial charge in [-0.3, -0.25) is 4.79 Å². The highest BCUT2D eigenvalue weighted by molar-refractivity contribution is 5.92. The van der Waals surface area contributed by atoms with Crippen molar-refractivity contribution in [2.24, 2.45) is 0 Å². The van der Waals surface area contributed by atoms with Crippen molar-refractivity contribution in [3.63, 3.8) is 0 Å². The molecule has 10 heteroatoms. The van der Waals surface area contributed by atoms with Crippen LogP contribution in [0.5, 0.6) is 17.4 Å². The Morgan fingerprint density at radius 2 is 2.03 bits per heavy atom. The summed E-state index contributed by atoms with van der Waals surface area (Å²) in [6.45, 7) is 2.75. The predicted octanol–water partition coefficient (Wildman–Crippen LogP) is 3.22. The maximum atomic E-state index is 12.3. The number of aromatic amines is 1. The third-order valence-electron chi connectivity index (χ3n) is 5.81. The number of H-pyrrole nitrogens is 1. The second kappa shape index (κ2) is 8.71. The molecule has 2 aliphatic rings. The van der Waals surface area contributed by atoms with Gasteiger partial charge in [-0.25, -0.2) is 19.9 Å². The van der Waals surface area contributed by atoms with Gasteiger partial charge in [-0.2, -0.15) is 0 Å². The highest BCUT2D eigenvalue weighted by Gasteiger charge is 2.23. The van der Waals surface area contributed by atoms with Gasteiger partial charge < -0.3 is 24.1 Å². The van der Waals surface area contributed by atoms with Crippen molar-refractivity contribution in [2.45, 2.75) is 18.9 Å². The lowest BCUT2D eigenvalue weighted by atomic mass is 10.2. The highest BCUT2D eigenvalue weighted by Crippen LogP contribution is 2.32. The summed E-state index contributed by atoms with van der Waals surface area (Å²) in [5.74, 6) is 1.96. The van der Waals surface area contributed by atoms with Crippen molar-refractivity contribution < 1.29 is 19.0 Å². The fourth-order valence-corrected chi connectivity index (χ4v) is 3.90. The number of benzene rings is 1. The number of ether oxygens (including phenoxy) is 3. The van der Waals surface area contributed by atoms with E-state index in [2.05, 4.69) is 24.9 Å². The zero-order valence-corrected chi connectivity index (χ0v) is 18.3. The van der Waals surface area contributed by atoms with Crippen LogP contribution in [0.3, 0.4) is 0 Å². The van der Waals surface area contributed by atoms with E-state index in [1.54, 1.807) is 17.2 Å². The second-order valence-electron chi connectivity index (χ2n) is 8.24. The van der Waals surface area contributed by atoms with Crippen LogP contribution in [0.1, 0.15) is 23.3 Å². The number of carbonyl (C=O) groups is 1. The number of carbonyl (C=O) groups excluding carboxylic acids is 1. The first-order valence-electron chi connectivity index (χ1n) is 11.2. The molecule has 5 heterocycles. The van der Waals surface area contributed by atoms with Gasteiger partial charge in [0.25, 0.3) is 5.91 Å². The van der Waals surface area contributed by atoms with Gasteiger partial charge in [0.1, 0.15) is 29.1 Å². The fourth-order valence-electron chi connectivity index (χ4n) is 3.90. The maximum absolute atomic E-state index is 12.3. The van der Waals surface area contributed by atoms with Crippen molar-refractivity contribution in [2.75, 3.05) is 26.3 Å². The molecule has 34 heavy (non-hydrogen) atoms. The molecule has 0 bridgehead atoms. The number of hydrogen-bond donors (Lipinski definition) is 1. The SMILES string of the molecule is O=C(c1cnc(Oc2cc(O[C@H]3CCOC3)cc(-c3nc4ncccc4[nH]3)c2)cn1)N1CCC1. The second-order valence-corrected chi connectivity index (χ2v) is 8.24. The summed E-state index contributed by atoms with van der Waals surface area (Å²) in [5.41, 5.74) is 2.55. The molecule has 1 amide bonds. The minimum Gasteiger partial charge on any atom is -0.488 e. The van der Waals surface area contributed by atoms with Crippen molar-refractivity contribution in [3.05, 3.63) is 54.6 Å². The Bertz CT molecular complexity index is 1300. The zero-order chi connectivity index (χ0) is 22.9. The summed E-state index contributed by atoms with van der Waals surface area (Å²) in [7, 11) is 0. The molecule has 0 unspecified atom stereocenters. The average Bonchev–Trinajstić information content (AvgIpc) is 3.48. The Morgan fingerprint density at radius 1 is 1.12 bits per heavy atom. The molecule has 1 N–H and O–H groups in total. The van der Waals surface area contributed by atoms with E-state index >= 15 is 0 Å². The smallest absolute Gasteiger partial charge is 0.274 e. The van der Waals surface area contributed by atoms with E-state index < -0.39 is 0 Å². The van der Waals surface area contributed by atoms with Crippen LogP contribution in [0.4, 0.5) is 0 Å².